The van der Waals surface area contributed by atoms with E-state index in [0.717, 1.165) is 6.07 Å². The summed E-state index contributed by atoms with van der Waals surface area (Å²) in [5.41, 5.74) is -0.661. The van der Waals surface area contributed by atoms with Crippen LogP contribution in [0.1, 0.15) is 5.56 Å². The van der Waals surface area contributed by atoms with E-state index in [1.54, 1.807) is 0 Å². The SMILES string of the molecule is O=S(=O)(Nc1cc(-c2ncc(C(F)(F)F)cc2Cl)ccc1Cl)c1ccc(Cl)cc1. The molecule has 0 bridgehead atoms. The molecule has 2 aromatic carbocycles. The predicted octanol–water partition coefficient (Wildman–Crippen LogP) is 6.53. The number of hydrogen-bond donors (Lipinski definition) is 1. The number of hydrogen-bond acceptors (Lipinski definition) is 3. The number of nitrogens with zero attached hydrogens (tertiary/aromatic N) is 1. The molecule has 0 aliphatic rings. The van der Waals surface area contributed by atoms with E-state index in [0.29, 0.717) is 11.2 Å². The minimum atomic E-state index is -4.59. The summed E-state index contributed by atoms with van der Waals surface area (Å²) in [6.45, 7) is 0. The van der Waals surface area contributed by atoms with Gasteiger partial charge >= 0.3 is 6.18 Å². The van der Waals surface area contributed by atoms with Gasteiger partial charge in [0.05, 0.1) is 31.9 Å². The molecule has 1 N–H and O–H groups in total. The largest absolute Gasteiger partial charge is 0.417 e. The van der Waals surface area contributed by atoms with Crippen LogP contribution < -0.4 is 4.72 Å². The maximum absolute atomic E-state index is 12.8. The Morgan fingerprint density at radius 3 is 2.14 bits per heavy atom. The van der Waals surface area contributed by atoms with Crippen LogP contribution in [0.5, 0.6) is 0 Å². The van der Waals surface area contributed by atoms with Gasteiger partial charge in [0, 0.05) is 16.8 Å². The molecule has 0 saturated heterocycles. The van der Waals surface area contributed by atoms with Crippen LogP contribution in [0.25, 0.3) is 11.3 Å². The molecule has 152 valence electrons. The van der Waals surface area contributed by atoms with Crippen LogP contribution in [0.4, 0.5) is 18.9 Å². The summed E-state index contributed by atoms with van der Waals surface area (Å²) in [6.07, 6.45) is -3.94. The lowest BCUT2D eigenvalue weighted by atomic mass is 10.1. The van der Waals surface area contributed by atoms with Gasteiger partial charge in [-0.2, -0.15) is 13.2 Å². The van der Waals surface area contributed by atoms with Gasteiger partial charge in [-0.3, -0.25) is 9.71 Å². The fraction of sp³-hybridized carbons (Fsp3) is 0.0556. The standard InChI is InChI=1S/C18H10Cl3F3N2O2S/c19-12-2-4-13(5-3-12)29(27,28)26-16-7-10(1-6-14(16)20)17-15(21)8-11(9-25-17)18(22,23)24/h1-9,26H. The third kappa shape index (κ3) is 4.95. The van der Waals surface area contributed by atoms with Crippen molar-refractivity contribution >= 4 is 50.5 Å². The van der Waals surface area contributed by atoms with Crippen molar-refractivity contribution < 1.29 is 21.6 Å². The first-order valence-electron chi connectivity index (χ1n) is 7.78. The Bertz CT molecular complexity index is 1170. The Hall–Kier alpha value is -2.00. The number of anilines is 1. The lowest BCUT2D eigenvalue weighted by Gasteiger charge is -2.13. The van der Waals surface area contributed by atoms with Crippen molar-refractivity contribution in [1.82, 2.24) is 4.98 Å². The van der Waals surface area contributed by atoms with Gasteiger partial charge in [0.1, 0.15) is 0 Å². The van der Waals surface area contributed by atoms with Crippen LogP contribution in [0.3, 0.4) is 0 Å². The molecule has 1 aromatic heterocycles. The minimum absolute atomic E-state index is 0.0110. The van der Waals surface area contributed by atoms with Crippen LogP contribution in [0.2, 0.25) is 15.1 Å². The number of alkyl halides is 3. The van der Waals surface area contributed by atoms with Crippen molar-refractivity contribution in [2.75, 3.05) is 4.72 Å². The zero-order chi connectivity index (χ0) is 21.4. The minimum Gasteiger partial charge on any atom is -0.278 e. The number of aromatic nitrogens is 1. The Morgan fingerprint density at radius 2 is 1.55 bits per heavy atom. The molecule has 11 heteroatoms. The van der Waals surface area contributed by atoms with Crippen LogP contribution in [-0.2, 0) is 16.2 Å². The summed E-state index contributed by atoms with van der Waals surface area (Å²) in [6, 6.07) is 10.4. The number of halogens is 6. The molecule has 1 heterocycles. The van der Waals surface area contributed by atoms with Crippen LogP contribution in [0, 0.1) is 0 Å². The first-order chi connectivity index (χ1) is 13.5. The number of sulfonamides is 1. The fourth-order valence-electron chi connectivity index (χ4n) is 2.37. The number of rotatable bonds is 4. The second-order valence-electron chi connectivity index (χ2n) is 5.81. The summed E-state index contributed by atoms with van der Waals surface area (Å²) in [4.78, 5) is 3.72. The van der Waals surface area contributed by atoms with Gasteiger partial charge in [0.15, 0.2) is 0 Å². The highest BCUT2D eigenvalue weighted by atomic mass is 35.5. The predicted molar refractivity (Wildman–Crippen MR) is 107 cm³/mol. The highest BCUT2D eigenvalue weighted by Crippen LogP contribution is 2.36. The molecule has 0 aliphatic carbocycles. The maximum atomic E-state index is 12.8. The van der Waals surface area contributed by atoms with Crippen LogP contribution in [-0.4, -0.2) is 13.4 Å². The first kappa shape index (κ1) is 21.7. The van der Waals surface area contributed by atoms with Crippen molar-refractivity contribution in [2.45, 2.75) is 11.1 Å². The van der Waals surface area contributed by atoms with Gasteiger partial charge < -0.3 is 0 Å². The Morgan fingerprint density at radius 1 is 0.897 bits per heavy atom. The van der Waals surface area contributed by atoms with E-state index in [4.69, 9.17) is 34.8 Å². The second-order valence-corrected chi connectivity index (χ2v) is 8.74. The summed E-state index contributed by atoms with van der Waals surface area (Å²) < 4.78 is 65.8. The first-order valence-corrected chi connectivity index (χ1v) is 10.4. The Kier molecular flexibility index (Phi) is 6.01. The zero-order valence-electron chi connectivity index (χ0n) is 14.1. The van der Waals surface area contributed by atoms with E-state index in [1.807, 2.05) is 0 Å². The van der Waals surface area contributed by atoms with Crippen molar-refractivity contribution in [3.8, 4) is 11.3 Å². The average Bonchev–Trinajstić information content (AvgIpc) is 2.63. The molecule has 0 aliphatic heterocycles. The molecule has 29 heavy (non-hydrogen) atoms. The molecule has 0 fully saturated rings. The fourth-order valence-corrected chi connectivity index (χ4v) is 4.07. The lowest BCUT2D eigenvalue weighted by Crippen LogP contribution is -2.13. The van der Waals surface area contributed by atoms with E-state index >= 15 is 0 Å². The summed E-state index contributed by atoms with van der Waals surface area (Å²) >= 11 is 17.8. The molecular formula is C18H10Cl3F3N2O2S. The van der Waals surface area contributed by atoms with E-state index < -0.39 is 21.8 Å². The monoisotopic (exact) mass is 480 g/mol. The van der Waals surface area contributed by atoms with E-state index in [2.05, 4.69) is 9.71 Å². The molecule has 0 amide bonds. The summed E-state index contributed by atoms with van der Waals surface area (Å²) in [5.74, 6) is 0. The van der Waals surface area contributed by atoms with Crippen molar-refractivity contribution in [3.63, 3.8) is 0 Å². The second kappa shape index (κ2) is 8.02. The molecule has 0 atom stereocenters. The Labute approximate surface area is 179 Å². The van der Waals surface area contributed by atoms with Crippen molar-refractivity contribution in [1.29, 1.82) is 0 Å². The van der Waals surface area contributed by atoms with E-state index in [1.165, 1.54) is 42.5 Å². The highest BCUT2D eigenvalue weighted by Gasteiger charge is 2.31. The maximum Gasteiger partial charge on any atom is 0.417 e. The van der Waals surface area contributed by atoms with Crippen LogP contribution in [0.15, 0.2) is 59.6 Å². The number of nitrogens with one attached hydrogen (secondary N) is 1. The molecule has 0 unspecified atom stereocenters. The molecule has 0 saturated carbocycles. The topological polar surface area (TPSA) is 59.1 Å². The molecule has 0 radical (unpaired) electrons. The van der Waals surface area contributed by atoms with Gasteiger partial charge in [-0.15, -0.1) is 0 Å². The molecule has 4 nitrogen and oxygen atoms in total. The van der Waals surface area contributed by atoms with Gasteiger partial charge in [-0.1, -0.05) is 40.9 Å². The molecule has 0 spiro atoms. The third-order valence-corrected chi connectivity index (χ3v) is 6.03. The Balaban J connectivity index is 1.98. The van der Waals surface area contributed by atoms with E-state index in [-0.39, 0.29) is 31.9 Å². The molecule has 3 aromatic rings. The van der Waals surface area contributed by atoms with Crippen molar-refractivity contribution in [2.24, 2.45) is 0 Å². The highest BCUT2D eigenvalue weighted by molar-refractivity contribution is 7.92. The summed E-state index contributed by atoms with van der Waals surface area (Å²) in [7, 11) is -3.98. The van der Waals surface area contributed by atoms with Crippen LogP contribution >= 0.6 is 34.8 Å². The zero-order valence-corrected chi connectivity index (χ0v) is 17.2. The molecular weight excluding hydrogens is 472 g/mol. The quantitative estimate of drug-likeness (QED) is 0.461. The van der Waals surface area contributed by atoms with Gasteiger partial charge in [-0.25, -0.2) is 8.42 Å². The lowest BCUT2D eigenvalue weighted by molar-refractivity contribution is -0.137. The smallest absolute Gasteiger partial charge is 0.278 e. The molecule has 3 rings (SSSR count). The van der Waals surface area contributed by atoms with Gasteiger partial charge in [-0.05, 0) is 42.5 Å². The van der Waals surface area contributed by atoms with E-state index in [9.17, 15) is 21.6 Å². The number of benzene rings is 2. The average molecular weight is 482 g/mol. The summed E-state index contributed by atoms with van der Waals surface area (Å²) in [5, 5.41) is 0.204. The van der Waals surface area contributed by atoms with Crippen molar-refractivity contribution in [3.05, 3.63) is 75.4 Å². The number of pyridine rings is 1. The normalized spacial score (nSPS) is 12.1. The third-order valence-electron chi connectivity index (χ3n) is 3.78. The van der Waals surface area contributed by atoms with Gasteiger partial charge in [0.25, 0.3) is 10.0 Å². The van der Waals surface area contributed by atoms with Gasteiger partial charge in [0.2, 0.25) is 0 Å².